The van der Waals surface area contributed by atoms with Crippen LogP contribution < -0.4 is 0 Å². The van der Waals surface area contributed by atoms with Crippen molar-refractivity contribution in [3.63, 3.8) is 0 Å². The molecule has 4 aliphatic carbocycles. The molecule has 1 saturated carbocycles. The summed E-state index contributed by atoms with van der Waals surface area (Å²) >= 11 is 0. The molecule has 22 heavy (non-hydrogen) atoms. The average molecular weight is 348 g/mol. The molecule has 1 fully saturated rings. The van der Waals surface area contributed by atoms with Gasteiger partial charge in [-0.3, -0.25) is 8.37 Å². The largest absolute Gasteiger partial charge is 0.270 e. The van der Waals surface area contributed by atoms with Crippen molar-refractivity contribution >= 4 is 20.2 Å². The summed E-state index contributed by atoms with van der Waals surface area (Å²) < 4.78 is 55.1. The fourth-order valence-electron chi connectivity index (χ4n) is 3.95. The van der Waals surface area contributed by atoms with Crippen molar-refractivity contribution in [1.29, 1.82) is 0 Å². The third-order valence-electron chi connectivity index (χ3n) is 4.93. The fourth-order valence-corrected chi connectivity index (χ4v) is 4.76. The van der Waals surface area contributed by atoms with Gasteiger partial charge in [0.15, 0.2) is 0 Å². The van der Waals surface area contributed by atoms with Gasteiger partial charge in [-0.25, -0.2) is 0 Å². The monoisotopic (exact) mass is 348 g/mol. The molecule has 4 rings (SSSR count). The number of fused-ring (bicyclic) bond motifs is 1. The van der Waals surface area contributed by atoms with Crippen LogP contribution in [0, 0.1) is 35.5 Å². The molecule has 0 radical (unpaired) electrons. The van der Waals surface area contributed by atoms with Crippen LogP contribution in [0.2, 0.25) is 0 Å². The molecule has 4 aliphatic rings. The molecule has 0 saturated heterocycles. The maximum Gasteiger partial charge on any atom is 0.264 e. The molecule has 6 nitrogen and oxygen atoms in total. The second-order valence-corrected chi connectivity index (χ2v) is 9.67. The van der Waals surface area contributed by atoms with Crippen LogP contribution >= 0.6 is 0 Å². The minimum atomic E-state index is -3.52. The Bertz CT molecular complexity index is 646. The van der Waals surface area contributed by atoms with Gasteiger partial charge in [-0.15, -0.1) is 0 Å². The summed E-state index contributed by atoms with van der Waals surface area (Å²) in [6, 6.07) is 0. The highest BCUT2D eigenvalue weighted by Gasteiger charge is 2.52. The van der Waals surface area contributed by atoms with E-state index in [4.69, 9.17) is 8.37 Å². The summed E-state index contributed by atoms with van der Waals surface area (Å²) in [5.41, 5.74) is 0. The third kappa shape index (κ3) is 3.15. The van der Waals surface area contributed by atoms with Crippen LogP contribution in [0.15, 0.2) is 24.3 Å². The van der Waals surface area contributed by atoms with E-state index in [0.717, 1.165) is 12.5 Å². The highest BCUT2D eigenvalue weighted by Crippen LogP contribution is 2.56. The molecule has 6 atom stereocenters. The molecule has 0 amide bonds. The van der Waals surface area contributed by atoms with Crippen molar-refractivity contribution in [3.8, 4) is 0 Å². The van der Waals surface area contributed by atoms with Gasteiger partial charge < -0.3 is 0 Å². The topological polar surface area (TPSA) is 86.7 Å². The maximum absolute atomic E-state index is 11.3. The first-order valence-corrected chi connectivity index (χ1v) is 10.8. The van der Waals surface area contributed by atoms with E-state index in [0.29, 0.717) is 11.8 Å². The Labute approximate surface area is 131 Å². The zero-order valence-corrected chi connectivity index (χ0v) is 14.1. The number of allylic oxidation sites excluding steroid dienone is 4. The molecule has 0 aromatic rings. The van der Waals surface area contributed by atoms with E-state index in [-0.39, 0.29) is 36.9 Å². The lowest BCUT2D eigenvalue weighted by Crippen LogP contribution is -2.52. The van der Waals surface area contributed by atoms with Crippen LogP contribution in [-0.2, 0) is 28.6 Å². The third-order valence-corrected chi connectivity index (χ3v) is 6.06. The Balaban J connectivity index is 1.80. The summed E-state index contributed by atoms with van der Waals surface area (Å²) in [4.78, 5) is 0. The first-order chi connectivity index (χ1) is 10.2. The van der Waals surface area contributed by atoms with Crippen molar-refractivity contribution < 1.29 is 25.2 Å². The normalized spacial score (nSPS) is 39.5. The van der Waals surface area contributed by atoms with Crippen LogP contribution in [-0.4, -0.2) is 42.6 Å². The highest BCUT2D eigenvalue weighted by molar-refractivity contribution is 7.86. The maximum atomic E-state index is 11.3. The first-order valence-electron chi connectivity index (χ1n) is 7.21. The molecule has 0 unspecified atom stereocenters. The van der Waals surface area contributed by atoms with E-state index in [2.05, 4.69) is 24.3 Å². The lowest BCUT2D eigenvalue weighted by atomic mass is 9.50. The van der Waals surface area contributed by atoms with Crippen molar-refractivity contribution in [3.05, 3.63) is 24.3 Å². The lowest BCUT2D eigenvalue weighted by molar-refractivity contribution is -0.0113. The van der Waals surface area contributed by atoms with Crippen LogP contribution in [0.1, 0.15) is 0 Å². The lowest BCUT2D eigenvalue weighted by Gasteiger charge is -2.55. The molecular formula is C14H20O6S2. The van der Waals surface area contributed by atoms with Crippen molar-refractivity contribution in [2.24, 2.45) is 35.5 Å². The quantitative estimate of drug-likeness (QED) is 0.521. The molecular weight excluding hydrogens is 328 g/mol. The number of rotatable bonds is 6. The second kappa shape index (κ2) is 5.43. The zero-order valence-electron chi connectivity index (χ0n) is 12.5. The molecule has 0 spiro atoms. The van der Waals surface area contributed by atoms with Gasteiger partial charge in [0.1, 0.15) is 0 Å². The average Bonchev–Trinajstić information content (AvgIpc) is 2.32. The second-order valence-electron chi connectivity index (χ2n) is 6.38. The Kier molecular flexibility index (Phi) is 3.99. The molecule has 8 heteroatoms. The van der Waals surface area contributed by atoms with E-state index in [1.54, 1.807) is 0 Å². The highest BCUT2D eigenvalue weighted by atomic mass is 32.2. The smallest absolute Gasteiger partial charge is 0.264 e. The minimum absolute atomic E-state index is 0.0577. The van der Waals surface area contributed by atoms with Crippen LogP contribution in [0.4, 0.5) is 0 Å². The van der Waals surface area contributed by atoms with Gasteiger partial charge in [-0.1, -0.05) is 24.3 Å². The minimum Gasteiger partial charge on any atom is -0.270 e. The van der Waals surface area contributed by atoms with E-state index in [1.807, 2.05) is 0 Å². The van der Waals surface area contributed by atoms with Gasteiger partial charge >= 0.3 is 0 Å². The summed E-state index contributed by atoms with van der Waals surface area (Å²) in [5.74, 6) is 1.04. The number of hydrogen-bond donors (Lipinski definition) is 0. The summed E-state index contributed by atoms with van der Waals surface area (Å²) in [5, 5.41) is 0. The molecule has 0 heterocycles. The predicted molar refractivity (Wildman–Crippen MR) is 80.8 cm³/mol. The summed E-state index contributed by atoms with van der Waals surface area (Å²) in [6.45, 7) is 0.137. The van der Waals surface area contributed by atoms with E-state index < -0.39 is 20.2 Å². The van der Waals surface area contributed by atoms with Gasteiger partial charge in [-0.2, -0.15) is 16.8 Å². The van der Waals surface area contributed by atoms with E-state index in [1.165, 1.54) is 0 Å². The Morgan fingerprint density at radius 1 is 0.682 bits per heavy atom. The van der Waals surface area contributed by atoms with Gasteiger partial charge in [-0.05, 0) is 35.5 Å². The zero-order chi connectivity index (χ0) is 16.1. The van der Waals surface area contributed by atoms with Gasteiger partial charge in [0.2, 0.25) is 0 Å². The Morgan fingerprint density at radius 2 is 1.00 bits per heavy atom. The van der Waals surface area contributed by atoms with Crippen molar-refractivity contribution in [2.75, 3.05) is 25.7 Å². The first kappa shape index (κ1) is 16.2. The van der Waals surface area contributed by atoms with Crippen molar-refractivity contribution in [1.82, 2.24) is 0 Å². The van der Waals surface area contributed by atoms with Crippen molar-refractivity contribution in [2.45, 2.75) is 0 Å². The van der Waals surface area contributed by atoms with Gasteiger partial charge in [0, 0.05) is 0 Å². The molecule has 0 aromatic carbocycles. The Morgan fingerprint density at radius 3 is 1.27 bits per heavy atom. The molecule has 0 aliphatic heterocycles. The summed E-state index contributed by atoms with van der Waals surface area (Å²) in [7, 11) is -7.04. The molecule has 0 N–H and O–H groups in total. The molecule has 124 valence electrons. The standard InChI is InChI=1S/C14H20O6S2/c1-21(15,16)19-7-13-11-5-6-12(10-4-3-9(10)11)14(13)8-20-22(2,17)18/h3-6,9-14H,7-8H2,1-2H3/t9-,10+,11-,12-,13+,14-/m0/s1. The van der Waals surface area contributed by atoms with Gasteiger partial charge in [0.05, 0.1) is 25.7 Å². The molecule has 2 bridgehead atoms. The van der Waals surface area contributed by atoms with Crippen LogP contribution in [0.3, 0.4) is 0 Å². The molecule has 0 aromatic heterocycles. The van der Waals surface area contributed by atoms with Crippen LogP contribution in [0.5, 0.6) is 0 Å². The van der Waals surface area contributed by atoms with Gasteiger partial charge in [0.25, 0.3) is 20.2 Å². The number of hydrogen-bond acceptors (Lipinski definition) is 6. The van der Waals surface area contributed by atoms with Crippen LogP contribution in [0.25, 0.3) is 0 Å². The summed E-state index contributed by atoms with van der Waals surface area (Å²) in [6.07, 6.45) is 10.6. The fraction of sp³-hybridized carbons (Fsp3) is 0.714. The Hall–Kier alpha value is -0.700. The SMILES string of the molecule is CS(=O)(=O)OC[C@@H]1[C@H]2C=C[C@@H]([C@@H]3C=C[C@@H]32)[C@@H]1COS(C)(=O)=O. The van der Waals surface area contributed by atoms with E-state index >= 15 is 0 Å². The van der Waals surface area contributed by atoms with E-state index in [9.17, 15) is 16.8 Å². The predicted octanol–water partition coefficient (Wildman–Crippen LogP) is 0.789.